The van der Waals surface area contributed by atoms with E-state index in [9.17, 15) is 8.78 Å². The van der Waals surface area contributed by atoms with Gasteiger partial charge in [0.15, 0.2) is 0 Å². The van der Waals surface area contributed by atoms with Crippen LogP contribution in [0.1, 0.15) is 19.4 Å². The molecule has 0 radical (unpaired) electrons. The minimum atomic E-state index is -0.548. The Morgan fingerprint density at radius 1 is 1.29 bits per heavy atom. The van der Waals surface area contributed by atoms with Crippen LogP contribution in [0.15, 0.2) is 18.2 Å². The van der Waals surface area contributed by atoms with E-state index in [2.05, 4.69) is 13.8 Å². The summed E-state index contributed by atoms with van der Waals surface area (Å²) in [4.78, 5) is 2.00. The molecular weight excluding hydrogens is 222 g/mol. The Kier molecular flexibility index (Phi) is 5.02. The van der Waals surface area contributed by atoms with Crippen LogP contribution in [0.3, 0.4) is 0 Å². The molecule has 1 unspecified atom stereocenters. The lowest BCUT2D eigenvalue weighted by atomic mass is 10.0. The van der Waals surface area contributed by atoms with E-state index in [0.29, 0.717) is 24.6 Å². The first-order valence-electron chi connectivity index (χ1n) is 5.80. The van der Waals surface area contributed by atoms with Gasteiger partial charge in [0.05, 0.1) is 0 Å². The summed E-state index contributed by atoms with van der Waals surface area (Å²) in [6.45, 7) is 5.12. The smallest absolute Gasteiger partial charge is 0.130 e. The first-order chi connectivity index (χ1) is 7.95. The highest BCUT2D eigenvalue weighted by atomic mass is 19.1. The van der Waals surface area contributed by atoms with Gasteiger partial charge in [0.1, 0.15) is 11.6 Å². The summed E-state index contributed by atoms with van der Waals surface area (Å²) in [5.41, 5.74) is 6.19. The van der Waals surface area contributed by atoms with E-state index < -0.39 is 11.6 Å². The normalized spacial score (nSPS) is 13.4. The molecule has 0 fully saturated rings. The van der Waals surface area contributed by atoms with Crippen LogP contribution in [0.5, 0.6) is 0 Å². The molecule has 0 aliphatic carbocycles. The third-order valence-corrected chi connectivity index (χ3v) is 3.01. The summed E-state index contributed by atoms with van der Waals surface area (Å²) in [5.74, 6) is -0.655. The molecule has 0 bridgehead atoms. The van der Waals surface area contributed by atoms with E-state index >= 15 is 0 Å². The Morgan fingerprint density at radius 2 is 1.94 bits per heavy atom. The molecule has 0 saturated carbocycles. The minimum absolute atomic E-state index is 0.194. The van der Waals surface area contributed by atoms with Crippen molar-refractivity contribution in [2.75, 3.05) is 13.6 Å². The van der Waals surface area contributed by atoms with Crippen molar-refractivity contribution in [3.8, 4) is 0 Å². The van der Waals surface area contributed by atoms with Gasteiger partial charge in [0, 0.05) is 30.8 Å². The summed E-state index contributed by atoms with van der Waals surface area (Å²) < 4.78 is 26.2. The third-order valence-electron chi connectivity index (χ3n) is 3.01. The standard InChI is InChI=1S/C13H20F2N2/c1-9(2)13(7-16)17(3)8-10-4-5-11(14)6-12(10)15/h4-6,9,13H,7-8,16H2,1-3H3. The van der Waals surface area contributed by atoms with Crippen molar-refractivity contribution in [2.24, 2.45) is 11.7 Å². The Labute approximate surface area is 101 Å². The molecule has 1 aromatic carbocycles. The first-order valence-corrected chi connectivity index (χ1v) is 5.80. The van der Waals surface area contributed by atoms with Gasteiger partial charge in [-0.2, -0.15) is 0 Å². The second-order valence-corrected chi connectivity index (χ2v) is 4.70. The van der Waals surface area contributed by atoms with Gasteiger partial charge in [-0.1, -0.05) is 19.9 Å². The predicted molar refractivity (Wildman–Crippen MR) is 65.5 cm³/mol. The zero-order valence-electron chi connectivity index (χ0n) is 10.6. The van der Waals surface area contributed by atoms with Crippen molar-refractivity contribution in [1.82, 2.24) is 4.90 Å². The zero-order chi connectivity index (χ0) is 13.0. The maximum Gasteiger partial charge on any atom is 0.130 e. The monoisotopic (exact) mass is 242 g/mol. The summed E-state index contributed by atoms with van der Waals surface area (Å²) in [6, 6.07) is 3.86. The Balaban J connectivity index is 2.76. The van der Waals surface area contributed by atoms with Crippen LogP contribution >= 0.6 is 0 Å². The molecule has 0 amide bonds. The highest BCUT2D eigenvalue weighted by Crippen LogP contribution is 2.15. The molecule has 2 N–H and O–H groups in total. The molecule has 0 aliphatic rings. The zero-order valence-corrected chi connectivity index (χ0v) is 10.6. The molecule has 2 nitrogen and oxygen atoms in total. The number of hydrogen-bond acceptors (Lipinski definition) is 2. The van der Waals surface area contributed by atoms with Crippen LogP contribution in [0.25, 0.3) is 0 Å². The van der Waals surface area contributed by atoms with Crippen LogP contribution < -0.4 is 5.73 Å². The van der Waals surface area contributed by atoms with Crippen LogP contribution in [0.4, 0.5) is 8.78 Å². The van der Waals surface area contributed by atoms with Crippen molar-refractivity contribution >= 4 is 0 Å². The van der Waals surface area contributed by atoms with E-state index in [4.69, 9.17) is 5.73 Å². The fourth-order valence-electron chi connectivity index (χ4n) is 2.00. The van der Waals surface area contributed by atoms with Gasteiger partial charge < -0.3 is 5.73 Å². The maximum absolute atomic E-state index is 13.5. The van der Waals surface area contributed by atoms with Gasteiger partial charge in [0.25, 0.3) is 0 Å². The topological polar surface area (TPSA) is 29.3 Å². The van der Waals surface area contributed by atoms with E-state index in [-0.39, 0.29) is 6.04 Å². The van der Waals surface area contributed by atoms with Crippen molar-refractivity contribution in [3.05, 3.63) is 35.4 Å². The Hall–Kier alpha value is -1.00. The van der Waals surface area contributed by atoms with Crippen molar-refractivity contribution < 1.29 is 8.78 Å². The van der Waals surface area contributed by atoms with Crippen molar-refractivity contribution in [3.63, 3.8) is 0 Å². The minimum Gasteiger partial charge on any atom is -0.329 e. The van der Waals surface area contributed by atoms with Gasteiger partial charge in [-0.3, -0.25) is 4.90 Å². The SMILES string of the molecule is CC(C)C(CN)N(C)Cc1ccc(F)cc1F. The molecule has 96 valence electrons. The lowest BCUT2D eigenvalue weighted by molar-refractivity contribution is 0.188. The second kappa shape index (κ2) is 6.07. The van der Waals surface area contributed by atoms with E-state index in [0.717, 1.165) is 6.07 Å². The predicted octanol–water partition coefficient (Wildman–Crippen LogP) is 2.38. The Morgan fingerprint density at radius 3 is 2.41 bits per heavy atom. The maximum atomic E-state index is 13.5. The fraction of sp³-hybridized carbons (Fsp3) is 0.538. The number of hydrogen-bond donors (Lipinski definition) is 1. The average molecular weight is 242 g/mol. The second-order valence-electron chi connectivity index (χ2n) is 4.70. The number of benzene rings is 1. The van der Waals surface area contributed by atoms with Gasteiger partial charge in [0.2, 0.25) is 0 Å². The number of nitrogens with two attached hydrogens (primary N) is 1. The fourth-order valence-corrected chi connectivity index (χ4v) is 2.00. The quantitative estimate of drug-likeness (QED) is 0.859. The highest BCUT2D eigenvalue weighted by molar-refractivity contribution is 5.18. The lowest BCUT2D eigenvalue weighted by Crippen LogP contribution is -2.41. The van der Waals surface area contributed by atoms with Crippen LogP contribution in [-0.2, 0) is 6.54 Å². The highest BCUT2D eigenvalue weighted by Gasteiger charge is 2.18. The number of rotatable bonds is 5. The molecule has 4 heteroatoms. The lowest BCUT2D eigenvalue weighted by Gasteiger charge is -2.30. The third kappa shape index (κ3) is 3.75. The van der Waals surface area contributed by atoms with Gasteiger partial charge >= 0.3 is 0 Å². The van der Waals surface area contributed by atoms with Gasteiger partial charge in [-0.15, -0.1) is 0 Å². The molecule has 1 aromatic rings. The molecule has 1 rings (SSSR count). The average Bonchev–Trinajstić information content (AvgIpc) is 2.22. The molecule has 1 atom stereocenters. The molecule has 0 aliphatic heterocycles. The molecule has 0 aromatic heterocycles. The number of halogens is 2. The summed E-state index contributed by atoms with van der Waals surface area (Å²) >= 11 is 0. The molecule has 17 heavy (non-hydrogen) atoms. The first kappa shape index (κ1) is 14.1. The van der Waals surface area contributed by atoms with Crippen molar-refractivity contribution in [1.29, 1.82) is 0 Å². The molecule has 0 spiro atoms. The number of likely N-dealkylation sites (N-methyl/N-ethyl adjacent to an activating group) is 1. The largest absolute Gasteiger partial charge is 0.329 e. The van der Waals surface area contributed by atoms with Crippen molar-refractivity contribution in [2.45, 2.75) is 26.4 Å². The Bertz CT molecular complexity index is 366. The van der Waals surface area contributed by atoms with Crippen LogP contribution in [0, 0.1) is 17.6 Å². The molecular formula is C13H20F2N2. The van der Waals surface area contributed by atoms with Gasteiger partial charge in [-0.05, 0) is 19.0 Å². The summed E-state index contributed by atoms with van der Waals surface area (Å²) in [5, 5.41) is 0. The van der Waals surface area contributed by atoms with Crippen LogP contribution in [0.2, 0.25) is 0 Å². The van der Waals surface area contributed by atoms with E-state index in [1.807, 2.05) is 11.9 Å². The summed E-state index contributed by atoms with van der Waals surface area (Å²) in [6.07, 6.45) is 0. The van der Waals surface area contributed by atoms with Crippen LogP contribution in [-0.4, -0.2) is 24.5 Å². The summed E-state index contributed by atoms with van der Waals surface area (Å²) in [7, 11) is 1.90. The molecule has 0 saturated heterocycles. The number of nitrogens with zero attached hydrogens (tertiary/aromatic N) is 1. The van der Waals surface area contributed by atoms with E-state index in [1.54, 1.807) is 0 Å². The van der Waals surface area contributed by atoms with E-state index in [1.165, 1.54) is 12.1 Å². The van der Waals surface area contributed by atoms with Gasteiger partial charge in [-0.25, -0.2) is 8.78 Å². The molecule has 0 heterocycles.